The molecule has 0 saturated carbocycles. The molecule has 8 heteroatoms. The fourth-order valence-corrected chi connectivity index (χ4v) is 1.83. The predicted octanol–water partition coefficient (Wildman–Crippen LogP) is 1.94. The number of carbonyl (C=O) groups is 1. The third kappa shape index (κ3) is 2.11. The van der Waals surface area contributed by atoms with Crippen molar-refractivity contribution < 1.29 is 27.5 Å². The number of benzene rings is 1. The number of aliphatic hydroxyl groups is 1. The normalized spacial score (nSPS) is 22.5. The molecule has 1 aliphatic rings. The number of hydrogen-bond acceptors (Lipinski definition) is 3. The molecule has 0 saturated heterocycles. The van der Waals surface area contributed by atoms with Crippen molar-refractivity contribution >= 4 is 5.91 Å². The van der Waals surface area contributed by atoms with Crippen LogP contribution in [0.2, 0.25) is 0 Å². The molecule has 20 heavy (non-hydrogen) atoms. The second-order valence-corrected chi connectivity index (χ2v) is 4.28. The minimum atomic E-state index is -5.13. The largest absolute Gasteiger partial charge is 0.442 e. The van der Waals surface area contributed by atoms with Gasteiger partial charge in [-0.3, -0.25) is 10.2 Å². The number of halogens is 4. The average Bonchev–Trinajstić information content (AvgIpc) is 2.65. The Morgan fingerprint density at radius 3 is 2.50 bits per heavy atom. The number of alkyl halides is 3. The van der Waals surface area contributed by atoms with Gasteiger partial charge in [-0.05, 0) is 25.1 Å². The van der Waals surface area contributed by atoms with Crippen LogP contribution in [0.3, 0.4) is 0 Å². The number of allylic oxidation sites excluding steroid dienone is 1. The third-order valence-electron chi connectivity index (χ3n) is 2.77. The first-order valence-corrected chi connectivity index (χ1v) is 5.51. The fourth-order valence-electron chi connectivity index (χ4n) is 1.83. The lowest BCUT2D eigenvalue weighted by atomic mass is 10.1. The van der Waals surface area contributed by atoms with E-state index in [1.807, 2.05) is 0 Å². The van der Waals surface area contributed by atoms with Crippen LogP contribution < -0.4 is 5.43 Å². The van der Waals surface area contributed by atoms with Gasteiger partial charge in [-0.1, -0.05) is 12.1 Å². The number of amides is 1. The van der Waals surface area contributed by atoms with Crippen LogP contribution >= 0.6 is 0 Å². The van der Waals surface area contributed by atoms with E-state index in [-0.39, 0.29) is 10.7 Å². The van der Waals surface area contributed by atoms with Crippen LogP contribution in [-0.2, 0) is 0 Å². The smallest absolute Gasteiger partial charge is 0.359 e. The maximum atomic E-state index is 13.5. The second kappa shape index (κ2) is 4.48. The number of hydrogen-bond donors (Lipinski definition) is 2. The number of hydrazine groups is 1. The van der Waals surface area contributed by atoms with E-state index in [2.05, 4.69) is 5.43 Å². The molecule has 0 fully saturated rings. The third-order valence-corrected chi connectivity index (χ3v) is 2.77. The molecule has 0 radical (unpaired) electrons. The monoisotopic (exact) mass is 290 g/mol. The predicted molar refractivity (Wildman–Crippen MR) is 60.5 cm³/mol. The van der Waals surface area contributed by atoms with Crippen LogP contribution in [0.4, 0.5) is 17.6 Å². The average molecular weight is 290 g/mol. The fraction of sp³-hybridized carbons (Fsp3) is 0.250. The van der Waals surface area contributed by atoms with Gasteiger partial charge < -0.3 is 5.11 Å². The molecule has 0 aromatic heterocycles. The Hall–Kier alpha value is -2.09. The van der Waals surface area contributed by atoms with E-state index < -0.39 is 29.2 Å². The molecule has 1 aromatic carbocycles. The van der Waals surface area contributed by atoms with E-state index in [1.54, 1.807) is 0 Å². The number of nitrogens with zero attached hydrogens (tertiary/aromatic N) is 1. The van der Waals surface area contributed by atoms with Crippen molar-refractivity contribution in [2.45, 2.75) is 18.8 Å². The molecule has 1 atom stereocenters. The van der Waals surface area contributed by atoms with E-state index in [0.29, 0.717) is 6.08 Å². The van der Waals surface area contributed by atoms with Crippen LogP contribution in [0.25, 0.3) is 0 Å². The Bertz CT molecular complexity index is 585. The lowest BCUT2D eigenvalue weighted by molar-refractivity contribution is -0.283. The second-order valence-electron chi connectivity index (χ2n) is 4.28. The van der Waals surface area contributed by atoms with E-state index >= 15 is 0 Å². The van der Waals surface area contributed by atoms with Crippen molar-refractivity contribution in [3.8, 4) is 0 Å². The van der Waals surface area contributed by atoms with E-state index in [0.717, 1.165) is 12.1 Å². The molecule has 108 valence electrons. The maximum Gasteiger partial charge on any atom is 0.442 e. The Kier molecular flexibility index (Phi) is 3.21. The zero-order valence-electron chi connectivity index (χ0n) is 10.2. The highest BCUT2D eigenvalue weighted by molar-refractivity contribution is 5.95. The minimum Gasteiger partial charge on any atom is -0.359 e. The van der Waals surface area contributed by atoms with E-state index in [9.17, 15) is 27.5 Å². The summed E-state index contributed by atoms with van der Waals surface area (Å²) in [5.74, 6) is -2.30. The maximum absolute atomic E-state index is 13.5. The molecule has 1 unspecified atom stereocenters. The summed E-state index contributed by atoms with van der Waals surface area (Å²) in [5.41, 5.74) is -2.09. The van der Waals surface area contributed by atoms with Crippen LogP contribution in [0.5, 0.6) is 0 Å². The lowest BCUT2D eigenvalue weighted by Gasteiger charge is -2.33. The van der Waals surface area contributed by atoms with E-state index in [1.165, 1.54) is 19.1 Å². The zero-order chi connectivity index (χ0) is 15.1. The van der Waals surface area contributed by atoms with Crippen molar-refractivity contribution in [3.63, 3.8) is 0 Å². The highest BCUT2D eigenvalue weighted by Crippen LogP contribution is 2.38. The van der Waals surface area contributed by atoms with Crippen LogP contribution in [0.1, 0.15) is 17.3 Å². The Morgan fingerprint density at radius 1 is 1.35 bits per heavy atom. The van der Waals surface area contributed by atoms with Gasteiger partial charge in [0.15, 0.2) is 0 Å². The first kappa shape index (κ1) is 14.3. The first-order chi connectivity index (χ1) is 9.17. The topological polar surface area (TPSA) is 52.6 Å². The molecule has 1 aliphatic heterocycles. The SMILES string of the molecule is CC1=CC(O)(C(F)(F)F)N(C(=O)c2ccccc2F)N1. The van der Waals surface area contributed by atoms with Gasteiger partial charge in [-0.25, -0.2) is 9.40 Å². The van der Waals surface area contributed by atoms with Gasteiger partial charge in [-0.15, -0.1) is 0 Å². The van der Waals surface area contributed by atoms with Crippen LogP contribution in [-0.4, -0.2) is 27.9 Å². The molecule has 0 bridgehead atoms. The van der Waals surface area contributed by atoms with Gasteiger partial charge in [0.05, 0.1) is 5.56 Å². The van der Waals surface area contributed by atoms with Gasteiger partial charge in [-0.2, -0.15) is 13.2 Å². The summed E-state index contributed by atoms with van der Waals surface area (Å²) in [4.78, 5) is 12.0. The minimum absolute atomic E-state index is 0.0409. The van der Waals surface area contributed by atoms with Gasteiger partial charge in [0.25, 0.3) is 11.6 Å². The van der Waals surface area contributed by atoms with Gasteiger partial charge in [0.1, 0.15) is 5.82 Å². The van der Waals surface area contributed by atoms with Crippen molar-refractivity contribution in [3.05, 3.63) is 47.4 Å². The Morgan fingerprint density at radius 2 is 1.95 bits per heavy atom. The van der Waals surface area contributed by atoms with Crippen molar-refractivity contribution in [2.75, 3.05) is 0 Å². The molecule has 0 aliphatic carbocycles. The summed E-state index contributed by atoms with van der Waals surface area (Å²) in [6.45, 7) is 1.24. The summed E-state index contributed by atoms with van der Waals surface area (Å²) in [7, 11) is 0. The molecule has 2 N–H and O–H groups in total. The summed E-state index contributed by atoms with van der Waals surface area (Å²) >= 11 is 0. The standard InChI is InChI=1S/C12H10F4N2O2/c1-7-6-11(20,12(14,15)16)18(17-7)10(19)8-4-2-3-5-9(8)13/h2-6,17,20H,1H3. The molecule has 0 spiro atoms. The quantitative estimate of drug-likeness (QED) is 0.777. The Balaban J connectivity index is 2.43. The molecular formula is C12H10F4N2O2. The number of carbonyl (C=O) groups excluding carboxylic acids is 1. The van der Waals surface area contributed by atoms with Crippen LogP contribution in [0.15, 0.2) is 36.0 Å². The molecular weight excluding hydrogens is 280 g/mol. The van der Waals surface area contributed by atoms with Crippen molar-refractivity contribution in [1.29, 1.82) is 0 Å². The van der Waals surface area contributed by atoms with Crippen molar-refractivity contribution in [2.24, 2.45) is 0 Å². The zero-order valence-corrected chi connectivity index (χ0v) is 10.2. The van der Waals surface area contributed by atoms with Gasteiger partial charge >= 0.3 is 6.18 Å². The summed E-state index contributed by atoms with van der Waals surface area (Å²) in [6.07, 6.45) is -4.68. The summed E-state index contributed by atoms with van der Waals surface area (Å²) in [5, 5.41) is 9.66. The van der Waals surface area contributed by atoms with E-state index in [4.69, 9.17) is 0 Å². The van der Waals surface area contributed by atoms with Gasteiger partial charge in [0, 0.05) is 5.70 Å². The number of rotatable bonds is 1. The highest BCUT2D eigenvalue weighted by Gasteiger charge is 2.61. The summed E-state index contributed by atoms with van der Waals surface area (Å²) in [6, 6.07) is 4.57. The lowest BCUT2D eigenvalue weighted by Crippen LogP contribution is -2.60. The molecule has 1 amide bonds. The summed E-state index contributed by atoms with van der Waals surface area (Å²) < 4.78 is 52.3. The first-order valence-electron chi connectivity index (χ1n) is 5.51. The number of nitrogens with one attached hydrogen (secondary N) is 1. The van der Waals surface area contributed by atoms with Gasteiger partial charge in [0.2, 0.25) is 0 Å². The van der Waals surface area contributed by atoms with Crippen molar-refractivity contribution in [1.82, 2.24) is 10.4 Å². The highest BCUT2D eigenvalue weighted by atomic mass is 19.4. The molecule has 1 aromatic rings. The molecule has 4 nitrogen and oxygen atoms in total. The molecule has 2 rings (SSSR count). The van der Waals surface area contributed by atoms with Crippen LogP contribution in [0, 0.1) is 5.82 Å². The molecule has 1 heterocycles. The Labute approximate surface area is 111 Å².